The Labute approximate surface area is 114 Å². The lowest BCUT2D eigenvalue weighted by Gasteiger charge is -1.88. The van der Waals surface area contributed by atoms with E-state index in [0.29, 0.717) is 5.89 Å². The van der Waals surface area contributed by atoms with Crippen LogP contribution in [0.3, 0.4) is 0 Å². The summed E-state index contributed by atoms with van der Waals surface area (Å²) in [4.78, 5) is 5.64. The third-order valence-electron chi connectivity index (χ3n) is 3.18. The van der Waals surface area contributed by atoms with Crippen molar-refractivity contribution in [3.05, 3.63) is 54.1 Å². The first kappa shape index (κ1) is 10.8. The zero-order valence-electron chi connectivity index (χ0n) is 10.4. The minimum absolute atomic E-state index is 0.710. The second-order valence-corrected chi connectivity index (χ2v) is 5.72. The summed E-state index contributed by atoms with van der Waals surface area (Å²) in [5, 5.41) is 1.24. The summed E-state index contributed by atoms with van der Waals surface area (Å²) in [7, 11) is 0. The van der Waals surface area contributed by atoms with Crippen molar-refractivity contribution in [2.45, 2.75) is 6.92 Å². The summed E-state index contributed by atoms with van der Waals surface area (Å²) in [6.45, 7) is 2.06. The second kappa shape index (κ2) is 3.93. The van der Waals surface area contributed by atoms with E-state index in [2.05, 4.69) is 42.2 Å². The van der Waals surface area contributed by atoms with E-state index in [9.17, 15) is 0 Å². The Balaban J connectivity index is 1.93. The summed E-state index contributed by atoms with van der Waals surface area (Å²) < 4.78 is 7.12. The normalized spacial score (nSPS) is 11.4. The van der Waals surface area contributed by atoms with Crippen LogP contribution in [0.2, 0.25) is 0 Å². The molecule has 2 heterocycles. The Morgan fingerprint density at radius 1 is 1.05 bits per heavy atom. The molecule has 0 aliphatic carbocycles. The van der Waals surface area contributed by atoms with Gasteiger partial charge in [-0.1, -0.05) is 24.3 Å². The van der Waals surface area contributed by atoms with Gasteiger partial charge in [0.2, 0.25) is 5.89 Å². The zero-order valence-corrected chi connectivity index (χ0v) is 11.2. The van der Waals surface area contributed by atoms with Crippen LogP contribution in [0.1, 0.15) is 5.56 Å². The van der Waals surface area contributed by atoms with Crippen LogP contribution in [0.15, 0.2) is 52.9 Å². The molecular formula is C16H11NOS. The van der Waals surface area contributed by atoms with E-state index in [0.717, 1.165) is 16.0 Å². The molecule has 0 N–H and O–H groups in total. The first-order valence-corrected chi connectivity index (χ1v) is 6.97. The minimum Gasteiger partial charge on any atom is -0.435 e. The molecule has 4 aromatic rings. The van der Waals surface area contributed by atoms with Crippen LogP contribution < -0.4 is 0 Å². The van der Waals surface area contributed by atoms with Crippen LogP contribution in [0, 0.1) is 6.92 Å². The highest BCUT2D eigenvalue weighted by molar-refractivity contribution is 7.22. The van der Waals surface area contributed by atoms with Crippen molar-refractivity contribution in [3.8, 4) is 10.8 Å². The molecule has 2 nitrogen and oxygen atoms in total. The molecule has 0 atom stereocenters. The van der Waals surface area contributed by atoms with Crippen molar-refractivity contribution in [3.63, 3.8) is 0 Å². The van der Waals surface area contributed by atoms with Gasteiger partial charge >= 0.3 is 0 Å². The maximum atomic E-state index is 5.86. The summed E-state index contributed by atoms with van der Waals surface area (Å²) in [5.41, 5.74) is 2.96. The fourth-order valence-electron chi connectivity index (χ4n) is 2.22. The average Bonchev–Trinajstić information content (AvgIpc) is 3.00. The van der Waals surface area contributed by atoms with Gasteiger partial charge in [-0.05, 0) is 42.1 Å². The molecule has 0 radical (unpaired) electrons. The lowest BCUT2D eigenvalue weighted by molar-refractivity contribution is 0.621. The molecule has 0 saturated carbocycles. The first-order valence-electron chi connectivity index (χ1n) is 6.16. The predicted molar refractivity (Wildman–Crippen MR) is 79.6 cm³/mol. The highest BCUT2D eigenvalue weighted by Crippen LogP contribution is 2.34. The van der Waals surface area contributed by atoms with Gasteiger partial charge < -0.3 is 4.42 Å². The molecule has 0 saturated heterocycles. The molecule has 92 valence electrons. The SMILES string of the molecule is Cc1ccc2nc(-c3cc4ccccc4s3)oc2c1. The van der Waals surface area contributed by atoms with Crippen LogP contribution in [-0.2, 0) is 0 Å². The number of fused-ring (bicyclic) bond motifs is 2. The molecule has 0 aliphatic rings. The molecule has 0 aliphatic heterocycles. The Morgan fingerprint density at radius 3 is 2.84 bits per heavy atom. The summed E-state index contributed by atoms with van der Waals surface area (Å²) in [5.74, 6) is 0.710. The van der Waals surface area contributed by atoms with Crippen molar-refractivity contribution in [2.24, 2.45) is 0 Å². The minimum atomic E-state index is 0.710. The van der Waals surface area contributed by atoms with E-state index in [4.69, 9.17) is 4.42 Å². The van der Waals surface area contributed by atoms with Gasteiger partial charge in [-0.3, -0.25) is 0 Å². The Hall–Kier alpha value is -2.13. The van der Waals surface area contributed by atoms with Crippen molar-refractivity contribution >= 4 is 32.5 Å². The topological polar surface area (TPSA) is 26.0 Å². The van der Waals surface area contributed by atoms with Crippen LogP contribution in [0.4, 0.5) is 0 Å². The summed E-state index contributed by atoms with van der Waals surface area (Å²) >= 11 is 1.71. The number of hydrogen-bond donors (Lipinski definition) is 0. The lowest BCUT2D eigenvalue weighted by Crippen LogP contribution is -1.71. The molecule has 2 aromatic carbocycles. The summed E-state index contributed by atoms with van der Waals surface area (Å²) in [6, 6.07) is 16.6. The molecule has 0 unspecified atom stereocenters. The van der Waals surface area contributed by atoms with E-state index < -0.39 is 0 Å². The van der Waals surface area contributed by atoms with E-state index in [1.165, 1.54) is 15.6 Å². The van der Waals surface area contributed by atoms with Crippen LogP contribution in [-0.4, -0.2) is 4.98 Å². The molecule has 3 heteroatoms. The van der Waals surface area contributed by atoms with Crippen LogP contribution >= 0.6 is 11.3 Å². The lowest BCUT2D eigenvalue weighted by atomic mass is 10.2. The van der Waals surface area contributed by atoms with E-state index in [1.54, 1.807) is 11.3 Å². The van der Waals surface area contributed by atoms with Gasteiger partial charge in [0.25, 0.3) is 0 Å². The number of nitrogens with zero attached hydrogens (tertiary/aromatic N) is 1. The summed E-state index contributed by atoms with van der Waals surface area (Å²) in [6.07, 6.45) is 0. The predicted octanol–water partition coefficient (Wildman–Crippen LogP) is 5.02. The number of oxazole rings is 1. The van der Waals surface area contributed by atoms with Gasteiger partial charge in [0, 0.05) is 4.70 Å². The quantitative estimate of drug-likeness (QED) is 0.483. The van der Waals surface area contributed by atoms with Crippen LogP contribution in [0.25, 0.3) is 32.0 Å². The molecule has 4 rings (SSSR count). The van der Waals surface area contributed by atoms with E-state index in [-0.39, 0.29) is 0 Å². The van der Waals surface area contributed by atoms with Crippen molar-refractivity contribution in [1.82, 2.24) is 4.98 Å². The number of hydrogen-bond acceptors (Lipinski definition) is 3. The highest BCUT2D eigenvalue weighted by Gasteiger charge is 2.11. The van der Waals surface area contributed by atoms with Gasteiger partial charge in [-0.15, -0.1) is 11.3 Å². The number of rotatable bonds is 1. The Bertz CT molecular complexity index is 855. The van der Waals surface area contributed by atoms with Crippen molar-refractivity contribution < 1.29 is 4.42 Å². The molecule has 19 heavy (non-hydrogen) atoms. The van der Waals surface area contributed by atoms with E-state index in [1.807, 2.05) is 18.2 Å². The maximum absolute atomic E-state index is 5.86. The number of thiophene rings is 1. The molecular weight excluding hydrogens is 254 g/mol. The first-order chi connectivity index (χ1) is 9.29. The largest absolute Gasteiger partial charge is 0.435 e. The Morgan fingerprint density at radius 2 is 1.95 bits per heavy atom. The fourth-order valence-corrected chi connectivity index (χ4v) is 3.21. The highest BCUT2D eigenvalue weighted by atomic mass is 32.1. The number of aryl methyl sites for hydroxylation is 1. The average molecular weight is 265 g/mol. The molecule has 0 spiro atoms. The van der Waals surface area contributed by atoms with Gasteiger partial charge in [-0.2, -0.15) is 0 Å². The number of aromatic nitrogens is 1. The maximum Gasteiger partial charge on any atom is 0.237 e. The van der Waals surface area contributed by atoms with Gasteiger partial charge in [0.05, 0.1) is 4.88 Å². The molecule has 2 aromatic heterocycles. The van der Waals surface area contributed by atoms with Gasteiger partial charge in [0.1, 0.15) is 5.52 Å². The smallest absolute Gasteiger partial charge is 0.237 e. The Kier molecular flexibility index (Phi) is 2.23. The third-order valence-corrected chi connectivity index (χ3v) is 4.28. The molecule has 0 fully saturated rings. The van der Waals surface area contributed by atoms with Gasteiger partial charge in [0.15, 0.2) is 5.58 Å². The molecule has 0 bridgehead atoms. The van der Waals surface area contributed by atoms with E-state index >= 15 is 0 Å². The second-order valence-electron chi connectivity index (χ2n) is 4.64. The standard InChI is InChI=1S/C16H11NOS/c1-10-6-7-12-13(8-10)18-16(17-12)15-9-11-4-2-3-5-14(11)19-15/h2-9H,1H3. The fraction of sp³-hybridized carbons (Fsp3) is 0.0625. The number of benzene rings is 2. The zero-order chi connectivity index (χ0) is 12.8. The van der Waals surface area contributed by atoms with Crippen molar-refractivity contribution in [2.75, 3.05) is 0 Å². The molecule has 0 amide bonds. The monoisotopic (exact) mass is 265 g/mol. The van der Waals surface area contributed by atoms with Crippen molar-refractivity contribution in [1.29, 1.82) is 0 Å². The van der Waals surface area contributed by atoms with Crippen LogP contribution in [0.5, 0.6) is 0 Å². The van der Waals surface area contributed by atoms with Gasteiger partial charge in [-0.25, -0.2) is 4.98 Å². The third kappa shape index (κ3) is 1.74.